The van der Waals surface area contributed by atoms with E-state index in [4.69, 9.17) is 14.5 Å². The monoisotopic (exact) mass is 770 g/mol. The summed E-state index contributed by atoms with van der Waals surface area (Å²) < 4.78 is 0. The summed E-state index contributed by atoms with van der Waals surface area (Å²) in [5.41, 5.74) is 8.22. The molecule has 0 radical (unpaired) electrons. The molecule has 6 aliphatic rings. The molecule has 1 aromatic carbocycles. The fourth-order valence-corrected chi connectivity index (χ4v) is 7.84. The molecule has 1 aromatic rings. The third-order valence-electron chi connectivity index (χ3n) is 11.1. The zero-order chi connectivity index (χ0) is 37.6. The van der Waals surface area contributed by atoms with Crippen LogP contribution in [0, 0.1) is 0 Å². The molecule has 55 heavy (non-hydrogen) atoms. The average Bonchev–Trinajstić information content (AvgIpc) is 3.54. The summed E-state index contributed by atoms with van der Waals surface area (Å²) in [5, 5.41) is 11.8. The first-order chi connectivity index (χ1) is 25.5. The van der Waals surface area contributed by atoms with Crippen LogP contribution in [-0.4, -0.2) is 134 Å². The zero-order valence-corrected chi connectivity index (χ0v) is 30.9. The van der Waals surface area contributed by atoms with Gasteiger partial charge in [-0.2, -0.15) is 5.06 Å². The van der Waals surface area contributed by atoms with Gasteiger partial charge in [-0.15, -0.1) is 0 Å². The van der Waals surface area contributed by atoms with Crippen molar-refractivity contribution in [1.82, 2.24) is 40.7 Å². The number of hydrogen-bond acceptors (Lipinski definition) is 10. The minimum Gasteiger partial charge on any atom is -0.375 e. The second-order valence-corrected chi connectivity index (χ2v) is 14.8. The number of nitrogens with one attached hydrogen (secondary N) is 2. The van der Waals surface area contributed by atoms with Crippen molar-refractivity contribution in [1.29, 1.82) is 0 Å². The van der Waals surface area contributed by atoms with Crippen LogP contribution in [0.2, 0.25) is 0 Å². The summed E-state index contributed by atoms with van der Waals surface area (Å²) in [5.74, 6) is -0.566. The van der Waals surface area contributed by atoms with Gasteiger partial charge < -0.3 is 19.6 Å². The molecule has 6 amide bonds. The van der Waals surface area contributed by atoms with Gasteiger partial charge in [-0.1, -0.05) is 58.3 Å². The number of amides is 6. The maximum atomic E-state index is 12.8. The lowest BCUT2D eigenvalue weighted by Gasteiger charge is -2.34. The Morgan fingerprint density at radius 1 is 0.709 bits per heavy atom. The predicted molar refractivity (Wildman–Crippen MR) is 205 cm³/mol. The highest BCUT2D eigenvalue weighted by Gasteiger charge is 2.49. The molecule has 7 rings (SSSR count). The first-order valence-electron chi connectivity index (χ1n) is 18.8. The van der Waals surface area contributed by atoms with E-state index in [-0.39, 0.29) is 57.0 Å². The molecule has 3 N–H and O–H groups in total. The van der Waals surface area contributed by atoms with Gasteiger partial charge in [-0.05, 0) is 70.8 Å². The second-order valence-electron chi connectivity index (χ2n) is 14.8. The van der Waals surface area contributed by atoms with Crippen molar-refractivity contribution in [2.75, 3.05) is 39.3 Å². The number of nitrogens with zero attached hydrogens (tertiary/aromatic N) is 6. The highest BCUT2D eigenvalue weighted by Crippen LogP contribution is 2.31. The molecule has 0 aromatic heterocycles. The Morgan fingerprint density at radius 2 is 1.16 bits per heavy atom. The number of carbonyl (C=O) groups is 4. The minimum atomic E-state index is -0.564. The van der Waals surface area contributed by atoms with Crippen LogP contribution < -0.4 is 11.0 Å². The van der Waals surface area contributed by atoms with Crippen LogP contribution in [0.15, 0.2) is 54.9 Å². The highest BCUT2D eigenvalue weighted by atomic mass is 16.7. The fraction of sp³-hybridized carbons (Fsp3) is 0.641. The number of carbonyl (C=O) groups excluding carboxylic acids is 4. The minimum absolute atomic E-state index is 0. The smallest absolute Gasteiger partial charge is 0.345 e. The van der Waals surface area contributed by atoms with Gasteiger partial charge in [0.1, 0.15) is 18.7 Å². The molecule has 16 nitrogen and oxygen atoms in total. The highest BCUT2D eigenvalue weighted by molar-refractivity contribution is 5.88. The molecular weight excluding hydrogens is 708 g/mol. The van der Waals surface area contributed by atoms with E-state index in [1.807, 2.05) is 44.2 Å². The van der Waals surface area contributed by atoms with Crippen LogP contribution in [-0.2, 0) is 30.7 Å². The van der Waals surface area contributed by atoms with Gasteiger partial charge in [0, 0.05) is 50.7 Å². The lowest BCUT2D eigenvalue weighted by molar-refractivity contribution is -0.146. The number of hydrogen-bond donors (Lipinski definition) is 3. The number of hydroxylamine groups is 6. The summed E-state index contributed by atoms with van der Waals surface area (Å²) >= 11 is 0. The van der Waals surface area contributed by atoms with Crippen LogP contribution in [0.5, 0.6) is 0 Å². The van der Waals surface area contributed by atoms with Crippen LogP contribution in [0.25, 0.3) is 0 Å². The Labute approximate surface area is 325 Å². The molecule has 306 valence electrons. The maximum absolute atomic E-state index is 12.8. The second kappa shape index (κ2) is 19.5. The predicted octanol–water partition coefficient (Wildman–Crippen LogP) is 4.39. The van der Waals surface area contributed by atoms with Gasteiger partial charge >= 0.3 is 12.1 Å². The SMILES string of the molecule is C.C.C=C(C)N1CCC(ONC(=O)[C@@H]2CC[C@@H]3CN2C(=O)N3O)CC1.C=C(C)N1CCC(ONC(=O)[C@@H]2CC[C@@H]3CN2C(=O)N3OCc2ccccc2)CC1. The fourth-order valence-electron chi connectivity index (χ4n) is 7.84. The third-order valence-corrected chi connectivity index (χ3v) is 11.1. The van der Waals surface area contributed by atoms with Crippen molar-refractivity contribution in [2.24, 2.45) is 0 Å². The van der Waals surface area contributed by atoms with Gasteiger partial charge in [-0.3, -0.25) is 29.3 Å². The van der Waals surface area contributed by atoms with Crippen LogP contribution in [0.1, 0.15) is 85.6 Å². The number of fused-ring (bicyclic) bond motifs is 4. The number of likely N-dealkylation sites (tertiary alicyclic amines) is 2. The molecule has 4 atom stereocenters. The third kappa shape index (κ3) is 10.3. The number of allylic oxidation sites excluding steroid dienone is 2. The molecule has 0 aliphatic carbocycles. The number of rotatable bonds is 11. The van der Waals surface area contributed by atoms with Crippen LogP contribution >= 0.6 is 0 Å². The molecule has 0 saturated carbocycles. The molecule has 16 heteroatoms. The molecule has 6 aliphatic heterocycles. The van der Waals surface area contributed by atoms with E-state index in [0.717, 1.165) is 80.3 Å². The first-order valence-corrected chi connectivity index (χ1v) is 18.8. The van der Waals surface area contributed by atoms with Crippen molar-refractivity contribution in [3.8, 4) is 0 Å². The molecule has 6 fully saturated rings. The zero-order valence-electron chi connectivity index (χ0n) is 30.9. The van der Waals surface area contributed by atoms with Gasteiger partial charge in [0.2, 0.25) is 0 Å². The van der Waals surface area contributed by atoms with E-state index in [1.165, 1.54) is 9.96 Å². The van der Waals surface area contributed by atoms with Gasteiger partial charge in [-0.25, -0.2) is 25.6 Å². The largest absolute Gasteiger partial charge is 0.375 e. The molecule has 6 saturated heterocycles. The lowest BCUT2D eigenvalue weighted by Crippen LogP contribution is -2.50. The van der Waals surface area contributed by atoms with Crippen LogP contribution in [0.3, 0.4) is 0 Å². The first kappa shape index (κ1) is 43.3. The van der Waals surface area contributed by atoms with E-state index < -0.39 is 18.1 Å². The van der Waals surface area contributed by atoms with Gasteiger partial charge in [0.25, 0.3) is 11.8 Å². The molecule has 0 spiro atoms. The number of benzene rings is 1. The summed E-state index contributed by atoms with van der Waals surface area (Å²) in [6.45, 7) is 16.6. The Bertz CT molecular complexity index is 1500. The lowest BCUT2D eigenvalue weighted by atomic mass is 10.0. The maximum Gasteiger partial charge on any atom is 0.345 e. The number of urea groups is 2. The molecule has 0 unspecified atom stereocenters. The topological polar surface area (TPSA) is 160 Å². The van der Waals surface area contributed by atoms with Crippen molar-refractivity contribution in [3.05, 3.63) is 60.4 Å². The quantitative estimate of drug-likeness (QED) is 0.218. The number of piperidine rings is 4. The standard InChI is InChI=1S/C22H30N4O4.C15H24N4O4.2CH4/c1-16(2)24-12-10-19(11-13-24)30-23-21(27)20-9-8-18-14-25(20)22(28)26(18)29-15-17-6-4-3-5-7-17;1-10(2)17-7-5-12(6-8-17)23-16-14(20)13-4-3-11-9-18(13)15(21)19(11)22;;/h3-7,18-20H,1,8-15H2,2H3,(H,23,27);11-13,22H,1,3-9H2,2H3,(H,16,20);2*1H4/t18-,20+;11-,13+;;/m11../s1. The van der Waals surface area contributed by atoms with Crippen molar-refractivity contribution < 1.29 is 38.9 Å². The van der Waals surface area contributed by atoms with Crippen molar-refractivity contribution in [3.63, 3.8) is 0 Å². The summed E-state index contributed by atoms with van der Waals surface area (Å²) in [6, 6.07) is 7.70. The summed E-state index contributed by atoms with van der Waals surface area (Å²) in [7, 11) is 0. The Balaban J connectivity index is 0.000000244. The van der Waals surface area contributed by atoms with Gasteiger partial charge in [0.15, 0.2) is 0 Å². The summed E-state index contributed by atoms with van der Waals surface area (Å²) in [4.78, 5) is 74.1. The van der Waals surface area contributed by atoms with E-state index in [0.29, 0.717) is 39.0 Å². The van der Waals surface area contributed by atoms with Crippen LogP contribution in [0.4, 0.5) is 9.59 Å². The van der Waals surface area contributed by atoms with E-state index >= 15 is 0 Å². The van der Waals surface area contributed by atoms with Gasteiger partial charge in [0.05, 0.1) is 24.3 Å². The van der Waals surface area contributed by atoms with Crippen molar-refractivity contribution >= 4 is 23.9 Å². The van der Waals surface area contributed by atoms with E-state index in [2.05, 4.69) is 33.9 Å². The van der Waals surface area contributed by atoms with Crippen molar-refractivity contribution in [2.45, 2.75) is 123 Å². The molecule has 6 heterocycles. The van der Waals surface area contributed by atoms with E-state index in [1.54, 1.807) is 4.90 Å². The van der Waals surface area contributed by atoms with E-state index in [9.17, 15) is 24.4 Å². The molecular formula is C39H62N8O8. The Hall–Kier alpha value is -4.38. The normalized spacial score (nSPS) is 25.1. The summed E-state index contributed by atoms with van der Waals surface area (Å²) in [6.07, 6.45) is 5.78. The Kier molecular flexibility index (Phi) is 15.3. The average molecular weight is 771 g/mol. The molecule has 4 bridgehead atoms. The Morgan fingerprint density at radius 3 is 1.65 bits per heavy atom.